The zero-order chi connectivity index (χ0) is 18.4. The molecule has 0 aliphatic carbocycles. The molecule has 0 fully saturated rings. The SMILES string of the molecule is COC(=O)c1ccc(C(=O)NNC(=O)c2ccc([N+](=O)[O-])cc2)cc1. The molecular formula is C16H13N3O6. The van der Waals surface area contributed by atoms with E-state index in [1.807, 2.05) is 0 Å². The molecule has 0 atom stereocenters. The Morgan fingerprint density at radius 3 is 1.64 bits per heavy atom. The Bertz CT molecular complexity index is 815. The van der Waals surface area contributed by atoms with Gasteiger partial charge in [0, 0.05) is 23.3 Å². The van der Waals surface area contributed by atoms with Crippen molar-refractivity contribution in [2.24, 2.45) is 0 Å². The van der Waals surface area contributed by atoms with E-state index in [0.717, 1.165) is 0 Å². The number of nitro groups is 1. The van der Waals surface area contributed by atoms with Gasteiger partial charge in [-0.2, -0.15) is 0 Å². The van der Waals surface area contributed by atoms with Crippen molar-refractivity contribution in [3.63, 3.8) is 0 Å². The van der Waals surface area contributed by atoms with Crippen molar-refractivity contribution < 1.29 is 24.0 Å². The van der Waals surface area contributed by atoms with Gasteiger partial charge in [0.05, 0.1) is 17.6 Å². The second-order valence-electron chi connectivity index (χ2n) is 4.78. The van der Waals surface area contributed by atoms with E-state index in [4.69, 9.17) is 0 Å². The van der Waals surface area contributed by atoms with Gasteiger partial charge in [-0.1, -0.05) is 0 Å². The number of hydrazine groups is 1. The van der Waals surface area contributed by atoms with Crippen molar-refractivity contribution in [2.75, 3.05) is 7.11 Å². The largest absolute Gasteiger partial charge is 0.465 e. The summed E-state index contributed by atoms with van der Waals surface area (Å²) in [4.78, 5) is 45.1. The van der Waals surface area contributed by atoms with Gasteiger partial charge in [0.1, 0.15) is 0 Å². The van der Waals surface area contributed by atoms with Crippen LogP contribution in [0.2, 0.25) is 0 Å². The Kier molecular flexibility index (Phi) is 5.41. The summed E-state index contributed by atoms with van der Waals surface area (Å²) in [6, 6.07) is 10.5. The number of carbonyl (C=O) groups excluding carboxylic acids is 3. The molecule has 9 heteroatoms. The fourth-order valence-electron chi connectivity index (χ4n) is 1.87. The molecule has 2 aromatic rings. The molecule has 0 aliphatic rings. The normalized spacial score (nSPS) is 9.80. The Morgan fingerprint density at radius 2 is 1.24 bits per heavy atom. The molecule has 128 valence electrons. The van der Waals surface area contributed by atoms with Crippen LogP contribution in [0.25, 0.3) is 0 Å². The van der Waals surface area contributed by atoms with Crippen LogP contribution in [-0.2, 0) is 4.74 Å². The van der Waals surface area contributed by atoms with E-state index < -0.39 is 22.7 Å². The van der Waals surface area contributed by atoms with Crippen molar-refractivity contribution in [2.45, 2.75) is 0 Å². The molecule has 2 rings (SSSR count). The standard InChI is InChI=1S/C16H13N3O6/c1-25-16(22)12-4-2-10(3-5-12)14(20)17-18-15(21)11-6-8-13(9-7-11)19(23)24/h2-9H,1H3,(H,17,20)(H,18,21). The number of hydrogen-bond acceptors (Lipinski definition) is 6. The Morgan fingerprint density at radius 1 is 0.840 bits per heavy atom. The maximum atomic E-state index is 11.9. The maximum absolute atomic E-state index is 11.9. The molecule has 9 nitrogen and oxygen atoms in total. The number of hydrogen-bond donors (Lipinski definition) is 2. The number of esters is 1. The molecule has 2 amide bonds. The lowest BCUT2D eigenvalue weighted by Gasteiger charge is -2.08. The van der Waals surface area contributed by atoms with Crippen LogP contribution in [0.1, 0.15) is 31.1 Å². The van der Waals surface area contributed by atoms with Gasteiger partial charge in [0.25, 0.3) is 17.5 Å². The van der Waals surface area contributed by atoms with Crippen molar-refractivity contribution in [1.29, 1.82) is 0 Å². The number of rotatable bonds is 4. The van der Waals surface area contributed by atoms with Crippen molar-refractivity contribution in [3.8, 4) is 0 Å². The van der Waals surface area contributed by atoms with Crippen LogP contribution in [0.5, 0.6) is 0 Å². The van der Waals surface area contributed by atoms with Crippen LogP contribution in [0.4, 0.5) is 5.69 Å². The molecule has 2 N–H and O–H groups in total. The number of nitrogens with zero attached hydrogens (tertiary/aromatic N) is 1. The predicted octanol–water partition coefficient (Wildman–Crippen LogP) is 1.46. The summed E-state index contributed by atoms with van der Waals surface area (Å²) in [5.74, 6) is -1.75. The highest BCUT2D eigenvalue weighted by molar-refractivity contribution is 5.99. The molecule has 0 aromatic heterocycles. The first kappa shape index (κ1) is 17.6. The summed E-state index contributed by atoms with van der Waals surface area (Å²) >= 11 is 0. The van der Waals surface area contributed by atoms with Gasteiger partial charge >= 0.3 is 5.97 Å². The van der Waals surface area contributed by atoms with Gasteiger partial charge in [-0.15, -0.1) is 0 Å². The first-order chi connectivity index (χ1) is 11.9. The average molecular weight is 343 g/mol. The minimum absolute atomic E-state index is 0.145. The fraction of sp³-hybridized carbons (Fsp3) is 0.0625. The molecule has 0 spiro atoms. The van der Waals surface area contributed by atoms with E-state index in [2.05, 4.69) is 15.6 Å². The molecule has 0 bridgehead atoms. The number of nitrogens with one attached hydrogen (secondary N) is 2. The fourth-order valence-corrected chi connectivity index (χ4v) is 1.87. The van der Waals surface area contributed by atoms with Gasteiger partial charge in [-0.3, -0.25) is 30.6 Å². The summed E-state index contributed by atoms with van der Waals surface area (Å²) in [7, 11) is 1.25. The molecular weight excluding hydrogens is 330 g/mol. The van der Waals surface area contributed by atoms with Gasteiger partial charge in [-0.25, -0.2) is 4.79 Å². The zero-order valence-corrected chi connectivity index (χ0v) is 13.0. The lowest BCUT2D eigenvalue weighted by Crippen LogP contribution is -2.41. The molecule has 0 unspecified atom stereocenters. The molecule has 0 aliphatic heterocycles. The maximum Gasteiger partial charge on any atom is 0.337 e. The summed E-state index contributed by atoms with van der Waals surface area (Å²) in [6.07, 6.45) is 0. The lowest BCUT2D eigenvalue weighted by molar-refractivity contribution is -0.384. The number of ether oxygens (including phenoxy) is 1. The third-order valence-corrected chi connectivity index (χ3v) is 3.20. The molecule has 0 radical (unpaired) electrons. The minimum Gasteiger partial charge on any atom is -0.465 e. The molecule has 25 heavy (non-hydrogen) atoms. The molecule has 0 saturated heterocycles. The van der Waals surface area contributed by atoms with Crippen molar-refractivity contribution in [1.82, 2.24) is 10.9 Å². The van der Waals surface area contributed by atoms with E-state index in [1.54, 1.807) is 0 Å². The molecule has 2 aromatic carbocycles. The summed E-state index contributed by atoms with van der Waals surface area (Å²) in [5.41, 5.74) is 4.91. The zero-order valence-electron chi connectivity index (χ0n) is 13.0. The van der Waals surface area contributed by atoms with Gasteiger partial charge in [0.15, 0.2) is 0 Å². The number of benzene rings is 2. The average Bonchev–Trinajstić information content (AvgIpc) is 2.65. The highest BCUT2D eigenvalue weighted by atomic mass is 16.6. The number of amides is 2. The van der Waals surface area contributed by atoms with Crippen LogP contribution in [-0.4, -0.2) is 29.8 Å². The Balaban J connectivity index is 1.95. The monoisotopic (exact) mass is 343 g/mol. The second kappa shape index (κ2) is 7.68. The number of nitro benzene ring substituents is 1. The van der Waals surface area contributed by atoms with E-state index in [9.17, 15) is 24.5 Å². The van der Waals surface area contributed by atoms with Crippen LogP contribution >= 0.6 is 0 Å². The van der Waals surface area contributed by atoms with Gasteiger partial charge in [0.2, 0.25) is 0 Å². The molecule has 0 saturated carbocycles. The van der Waals surface area contributed by atoms with Crippen molar-refractivity contribution >= 4 is 23.5 Å². The molecule has 0 heterocycles. The van der Waals surface area contributed by atoms with Crippen LogP contribution in [0.15, 0.2) is 48.5 Å². The number of non-ortho nitro benzene ring substituents is 1. The summed E-state index contributed by atoms with van der Waals surface area (Å²) in [6.45, 7) is 0. The minimum atomic E-state index is -0.630. The second-order valence-corrected chi connectivity index (χ2v) is 4.78. The van der Waals surface area contributed by atoms with Gasteiger partial charge < -0.3 is 4.74 Å². The summed E-state index contributed by atoms with van der Waals surface area (Å²) in [5, 5.41) is 10.6. The third kappa shape index (κ3) is 4.38. The summed E-state index contributed by atoms with van der Waals surface area (Å²) < 4.78 is 4.55. The van der Waals surface area contributed by atoms with E-state index >= 15 is 0 Å². The third-order valence-electron chi connectivity index (χ3n) is 3.20. The number of carbonyl (C=O) groups is 3. The Hall–Kier alpha value is -3.75. The van der Waals surface area contributed by atoms with Crippen LogP contribution < -0.4 is 10.9 Å². The topological polar surface area (TPSA) is 128 Å². The quantitative estimate of drug-likeness (QED) is 0.491. The Labute approximate surface area is 141 Å². The van der Waals surface area contributed by atoms with E-state index in [-0.39, 0.29) is 22.4 Å². The predicted molar refractivity (Wildman–Crippen MR) is 85.8 cm³/mol. The first-order valence-electron chi connectivity index (χ1n) is 6.96. The first-order valence-corrected chi connectivity index (χ1v) is 6.96. The van der Waals surface area contributed by atoms with Gasteiger partial charge in [-0.05, 0) is 36.4 Å². The van der Waals surface area contributed by atoms with E-state index in [0.29, 0.717) is 0 Å². The lowest BCUT2D eigenvalue weighted by atomic mass is 10.1. The van der Waals surface area contributed by atoms with Crippen molar-refractivity contribution in [3.05, 3.63) is 75.3 Å². The number of methoxy groups -OCH3 is 1. The van der Waals surface area contributed by atoms with Crippen LogP contribution in [0, 0.1) is 10.1 Å². The smallest absolute Gasteiger partial charge is 0.337 e. The van der Waals surface area contributed by atoms with E-state index in [1.165, 1.54) is 55.6 Å². The highest BCUT2D eigenvalue weighted by Crippen LogP contribution is 2.11. The van der Waals surface area contributed by atoms with Crippen LogP contribution in [0.3, 0.4) is 0 Å². The highest BCUT2D eigenvalue weighted by Gasteiger charge is 2.12.